The number of aryl methyl sites for hydroxylation is 1. The van der Waals surface area contributed by atoms with E-state index in [2.05, 4.69) is 4.98 Å². The molecule has 2 rings (SSSR count). The SMILES string of the molecule is Cc1occc1CN(C)c1ncc(CO)cc1Cl. The minimum absolute atomic E-state index is 0.0580. The number of hydrogen-bond donors (Lipinski definition) is 1. The van der Waals surface area contributed by atoms with Gasteiger partial charge in [0.15, 0.2) is 0 Å². The molecule has 0 amide bonds. The Balaban J connectivity index is 2.19. The number of pyridine rings is 1. The second kappa shape index (κ2) is 5.42. The lowest BCUT2D eigenvalue weighted by Gasteiger charge is -2.19. The number of aromatic nitrogens is 1. The van der Waals surface area contributed by atoms with E-state index in [1.807, 2.05) is 24.9 Å². The van der Waals surface area contributed by atoms with Crippen molar-refractivity contribution in [3.8, 4) is 0 Å². The van der Waals surface area contributed by atoms with Crippen LogP contribution in [-0.2, 0) is 13.2 Å². The Bertz CT molecular complexity index is 540. The molecule has 0 aliphatic heterocycles. The fourth-order valence-electron chi connectivity index (χ4n) is 1.74. The lowest BCUT2D eigenvalue weighted by Crippen LogP contribution is -2.18. The van der Waals surface area contributed by atoms with Crippen LogP contribution in [0.15, 0.2) is 29.0 Å². The van der Waals surface area contributed by atoms with E-state index in [1.54, 1.807) is 18.5 Å². The third-order valence-electron chi connectivity index (χ3n) is 2.80. The average molecular weight is 267 g/mol. The maximum absolute atomic E-state index is 9.01. The van der Waals surface area contributed by atoms with Crippen molar-refractivity contribution in [1.82, 2.24) is 4.98 Å². The van der Waals surface area contributed by atoms with Crippen LogP contribution in [0.25, 0.3) is 0 Å². The van der Waals surface area contributed by atoms with Crippen molar-refractivity contribution in [1.29, 1.82) is 0 Å². The minimum atomic E-state index is -0.0580. The molecule has 0 fully saturated rings. The first kappa shape index (κ1) is 12.9. The van der Waals surface area contributed by atoms with Gasteiger partial charge in [0.2, 0.25) is 0 Å². The number of aliphatic hydroxyl groups excluding tert-OH is 1. The van der Waals surface area contributed by atoms with Crippen LogP contribution in [0, 0.1) is 6.92 Å². The Morgan fingerprint density at radius 3 is 2.83 bits per heavy atom. The fraction of sp³-hybridized carbons (Fsp3) is 0.308. The summed E-state index contributed by atoms with van der Waals surface area (Å²) < 4.78 is 5.25. The number of aliphatic hydroxyl groups is 1. The van der Waals surface area contributed by atoms with E-state index >= 15 is 0 Å². The Morgan fingerprint density at radius 1 is 1.50 bits per heavy atom. The van der Waals surface area contributed by atoms with Gasteiger partial charge in [0.25, 0.3) is 0 Å². The zero-order chi connectivity index (χ0) is 13.1. The molecule has 2 heterocycles. The normalized spacial score (nSPS) is 10.7. The Morgan fingerprint density at radius 2 is 2.28 bits per heavy atom. The van der Waals surface area contributed by atoms with Crippen molar-refractivity contribution in [2.24, 2.45) is 0 Å². The fourth-order valence-corrected chi connectivity index (χ4v) is 2.08. The van der Waals surface area contributed by atoms with Crippen molar-refractivity contribution < 1.29 is 9.52 Å². The van der Waals surface area contributed by atoms with Gasteiger partial charge >= 0.3 is 0 Å². The molecular weight excluding hydrogens is 252 g/mol. The van der Waals surface area contributed by atoms with Crippen LogP contribution >= 0.6 is 11.6 Å². The molecule has 2 aromatic heterocycles. The van der Waals surface area contributed by atoms with Gasteiger partial charge in [0.1, 0.15) is 11.6 Å². The van der Waals surface area contributed by atoms with Gasteiger partial charge in [-0.25, -0.2) is 4.98 Å². The summed E-state index contributed by atoms with van der Waals surface area (Å²) in [5, 5.41) is 9.54. The molecule has 0 spiro atoms. The van der Waals surface area contributed by atoms with E-state index in [0.717, 1.165) is 11.3 Å². The molecule has 0 bridgehead atoms. The van der Waals surface area contributed by atoms with Gasteiger partial charge in [-0.15, -0.1) is 0 Å². The van der Waals surface area contributed by atoms with E-state index in [0.29, 0.717) is 22.9 Å². The summed E-state index contributed by atoms with van der Waals surface area (Å²) >= 11 is 6.14. The number of hydrogen-bond acceptors (Lipinski definition) is 4. The summed E-state index contributed by atoms with van der Waals surface area (Å²) in [6, 6.07) is 3.66. The molecule has 0 unspecified atom stereocenters. The van der Waals surface area contributed by atoms with E-state index in [4.69, 9.17) is 21.1 Å². The van der Waals surface area contributed by atoms with Crippen molar-refractivity contribution in [2.75, 3.05) is 11.9 Å². The largest absolute Gasteiger partial charge is 0.469 e. The van der Waals surface area contributed by atoms with Gasteiger partial charge in [-0.2, -0.15) is 0 Å². The summed E-state index contributed by atoms with van der Waals surface area (Å²) in [6.07, 6.45) is 3.29. The lowest BCUT2D eigenvalue weighted by molar-refractivity contribution is 0.281. The zero-order valence-corrected chi connectivity index (χ0v) is 11.1. The summed E-state index contributed by atoms with van der Waals surface area (Å²) in [4.78, 5) is 6.21. The van der Waals surface area contributed by atoms with Gasteiger partial charge < -0.3 is 14.4 Å². The van der Waals surface area contributed by atoms with Crippen LogP contribution in [0.2, 0.25) is 5.02 Å². The number of anilines is 1. The van der Waals surface area contributed by atoms with Crippen LogP contribution in [0.3, 0.4) is 0 Å². The molecule has 2 aromatic rings. The third-order valence-corrected chi connectivity index (χ3v) is 3.07. The molecule has 1 N–H and O–H groups in total. The molecule has 0 atom stereocenters. The molecule has 5 heteroatoms. The van der Waals surface area contributed by atoms with Crippen molar-refractivity contribution in [3.63, 3.8) is 0 Å². The molecular formula is C13H15ClN2O2. The van der Waals surface area contributed by atoms with E-state index in [1.165, 1.54) is 0 Å². The smallest absolute Gasteiger partial charge is 0.147 e. The second-order valence-corrected chi connectivity index (χ2v) is 4.57. The predicted molar refractivity (Wildman–Crippen MR) is 70.7 cm³/mol. The van der Waals surface area contributed by atoms with Crippen LogP contribution in [0.5, 0.6) is 0 Å². The first-order valence-electron chi connectivity index (χ1n) is 5.61. The van der Waals surface area contributed by atoms with E-state index in [-0.39, 0.29) is 6.61 Å². The van der Waals surface area contributed by atoms with Crippen molar-refractivity contribution >= 4 is 17.4 Å². The summed E-state index contributed by atoms with van der Waals surface area (Å²) in [5.74, 6) is 1.58. The van der Waals surface area contributed by atoms with Crippen LogP contribution in [0.1, 0.15) is 16.9 Å². The molecule has 4 nitrogen and oxygen atoms in total. The minimum Gasteiger partial charge on any atom is -0.469 e. The zero-order valence-electron chi connectivity index (χ0n) is 10.4. The maximum atomic E-state index is 9.01. The Hall–Kier alpha value is -1.52. The van der Waals surface area contributed by atoms with Gasteiger partial charge in [-0.3, -0.25) is 0 Å². The number of nitrogens with zero attached hydrogens (tertiary/aromatic N) is 2. The van der Waals surface area contributed by atoms with Crippen molar-refractivity contribution in [2.45, 2.75) is 20.1 Å². The molecule has 0 aliphatic rings. The Labute approximate surface area is 111 Å². The van der Waals surface area contributed by atoms with Crippen LogP contribution in [-0.4, -0.2) is 17.1 Å². The third kappa shape index (κ3) is 2.66. The molecule has 0 aromatic carbocycles. The number of furan rings is 1. The number of halogens is 1. The standard InChI is InChI=1S/C13H15ClN2O2/c1-9-11(3-4-18-9)7-16(2)13-12(14)5-10(8-17)6-15-13/h3-6,17H,7-8H2,1-2H3. The quantitative estimate of drug-likeness (QED) is 0.924. The predicted octanol–water partition coefficient (Wildman–Crippen LogP) is 2.77. The highest BCUT2D eigenvalue weighted by molar-refractivity contribution is 6.33. The lowest BCUT2D eigenvalue weighted by atomic mass is 10.2. The highest BCUT2D eigenvalue weighted by Crippen LogP contribution is 2.25. The molecule has 0 aliphatic carbocycles. The monoisotopic (exact) mass is 266 g/mol. The summed E-state index contributed by atoms with van der Waals surface area (Å²) in [5.41, 5.74) is 1.80. The summed E-state index contributed by atoms with van der Waals surface area (Å²) in [7, 11) is 1.92. The highest BCUT2D eigenvalue weighted by atomic mass is 35.5. The van der Waals surface area contributed by atoms with Gasteiger partial charge in [0, 0.05) is 25.4 Å². The maximum Gasteiger partial charge on any atom is 0.147 e. The Kier molecular flexibility index (Phi) is 3.89. The van der Waals surface area contributed by atoms with Crippen LogP contribution in [0.4, 0.5) is 5.82 Å². The second-order valence-electron chi connectivity index (χ2n) is 4.17. The van der Waals surface area contributed by atoms with Gasteiger partial charge in [0.05, 0.1) is 17.9 Å². The van der Waals surface area contributed by atoms with Crippen LogP contribution < -0.4 is 4.90 Å². The first-order valence-corrected chi connectivity index (χ1v) is 5.99. The molecule has 0 saturated heterocycles. The topological polar surface area (TPSA) is 49.5 Å². The first-order chi connectivity index (χ1) is 8.61. The van der Waals surface area contributed by atoms with Gasteiger partial charge in [-0.1, -0.05) is 11.6 Å². The molecule has 18 heavy (non-hydrogen) atoms. The van der Waals surface area contributed by atoms with E-state index in [9.17, 15) is 0 Å². The molecule has 96 valence electrons. The average Bonchev–Trinajstić information content (AvgIpc) is 2.74. The van der Waals surface area contributed by atoms with Gasteiger partial charge in [-0.05, 0) is 24.6 Å². The van der Waals surface area contributed by atoms with Crippen molar-refractivity contribution in [3.05, 3.63) is 46.5 Å². The summed E-state index contributed by atoms with van der Waals surface area (Å²) in [6.45, 7) is 2.54. The van der Waals surface area contributed by atoms with E-state index < -0.39 is 0 Å². The number of rotatable bonds is 4. The molecule has 0 radical (unpaired) electrons. The highest BCUT2D eigenvalue weighted by Gasteiger charge is 2.11. The molecule has 0 saturated carbocycles.